The molecule has 1 saturated heterocycles. The lowest BCUT2D eigenvalue weighted by Gasteiger charge is -2.37. The summed E-state index contributed by atoms with van der Waals surface area (Å²) in [7, 11) is 0. The van der Waals surface area contributed by atoms with Crippen molar-refractivity contribution in [2.24, 2.45) is 5.16 Å². The van der Waals surface area contributed by atoms with Crippen LogP contribution in [0.15, 0.2) is 60.0 Å². The molecule has 4 rings (SSSR count). The van der Waals surface area contributed by atoms with Gasteiger partial charge in [-0.15, -0.1) is 0 Å². The molecule has 2 amide bonds. The SMILES string of the molecule is O=C(NCc1ccccc1)C1=NOC2(CCN(C(=O)c3ccncc3)CC2)C1. The van der Waals surface area contributed by atoms with E-state index >= 15 is 0 Å². The van der Waals surface area contributed by atoms with Crippen LogP contribution in [0.1, 0.15) is 35.2 Å². The number of benzene rings is 1. The summed E-state index contributed by atoms with van der Waals surface area (Å²) in [6.45, 7) is 1.62. The van der Waals surface area contributed by atoms with Crippen molar-refractivity contribution < 1.29 is 14.4 Å². The summed E-state index contributed by atoms with van der Waals surface area (Å²) in [5.41, 5.74) is 1.61. The second-order valence-electron chi connectivity index (χ2n) is 7.19. The molecule has 2 aliphatic rings. The number of piperidine rings is 1. The van der Waals surface area contributed by atoms with Crippen LogP contribution in [0.3, 0.4) is 0 Å². The van der Waals surface area contributed by atoms with Gasteiger partial charge in [-0.2, -0.15) is 0 Å². The van der Waals surface area contributed by atoms with Crippen LogP contribution in [-0.2, 0) is 16.2 Å². The van der Waals surface area contributed by atoms with Crippen LogP contribution >= 0.6 is 0 Å². The van der Waals surface area contributed by atoms with Crippen molar-refractivity contribution >= 4 is 17.5 Å². The Balaban J connectivity index is 1.29. The van der Waals surface area contributed by atoms with Crippen LogP contribution in [0.5, 0.6) is 0 Å². The number of aromatic nitrogens is 1. The maximum absolute atomic E-state index is 12.6. The number of hydrogen-bond donors (Lipinski definition) is 1. The molecule has 1 N–H and O–H groups in total. The van der Waals surface area contributed by atoms with Crippen LogP contribution in [-0.4, -0.2) is 46.1 Å². The summed E-state index contributed by atoms with van der Waals surface area (Å²) in [6, 6.07) is 13.2. The van der Waals surface area contributed by atoms with Gasteiger partial charge in [0.15, 0.2) is 0 Å². The minimum atomic E-state index is -0.478. The quantitative estimate of drug-likeness (QED) is 0.884. The highest BCUT2D eigenvalue weighted by Gasteiger charge is 2.44. The third kappa shape index (κ3) is 3.88. The number of nitrogens with zero attached hydrogens (tertiary/aromatic N) is 3. The first-order valence-corrected chi connectivity index (χ1v) is 9.42. The molecule has 1 fully saturated rings. The summed E-state index contributed by atoms with van der Waals surface area (Å²) >= 11 is 0. The molecule has 0 radical (unpaired) electrons. The standard InChI is InChI=1S/C21H22N4O3/c26-19(23-15-16-4-2-1-3-5-16)18-14-21(28-24-18)8-12-25(13-9-21)20(27)17-6-10-22-11-7-17/h1-7,10-11H,8-9,12-15H2,(H,23,26). The number of amides is 2. The fourth-order valence-corrected chi connectivity index (χ4v) is 3.59. The first-order valence-electron chi connectivity index (χ1n) is 9.42. The van der Waals surface area contributed by atoms with Gasteiger partial charge in [-0.05, 0) is 17.7 Å². The molecule has 28 heavy (non-hydrogen) atoms. The lowest BCUT2D eigenvalue weighted by Crippen LogP contribution is -2.47. The van der Waals surface area contributed by atoms with Crippen LogP contribution in [0.2, 0.25) is 0 Å². The minimum Gasteiger partial charge on any atom is -0.388 e. The Morgan fingerprint density at radius 1 is 1.07 bits per heavy atom. The molecular formula is C21H22N4O3. The van der Waals surface area contributed by atoms with E-state index in [4.69, 9.17) is 4.84 Å². The van der Waals surface area contributed by atoms with E-state index in [9.17, 15) is 9.59 Å². The molecule has 1 aromatic carbocycles. The molecule has 144 valence electrons. The van der Waals surface area contributed by atoms with Gasteiger partial charge in [0.1, 0.15) is 11.3 Å². The first-order chi connectivity index (χ1) is 13.7. The second-order valence-corrected chi connectivity index (χ2v) is 7.19. The normalized spacial score (nSPS) is 17.7. The third-order valence-electron chi connectivity index (χ3n) is 5.29. The zero-order valence-electron chi connectivity index (χ0n) is 15.5. The summed E-state index contributed by atoms with van der Waals surface area (Å²) in [4.78, 5) is 36.4. The molecule has 7 heteroatoms. The molecule has 0 atom stereocenters. The average molecular weight is 378 g/mol. The van der Waals surface area contributed by atoms with Crippen LogP contribution in [0.4, 0.5) is 0 Å². The van der Waals surface area contributed by atoms with Gasteiger partial charge >= 0.3 is 0 Å². The highest BCUT2D eigenvalue weighted by atomic mass is 16.7. The Hall–Kier alpha value is -3.22. The number of rotatable bonds is 4. The Kier molecular flexibility index (Phi) is 5.06. The number of hydrogen-bond acceptors (Lipinski definition) is 5. The summed E-state index contributed by atoms with van der Waals surface area (Å²) in [5, 5.41) is 6.94. The van der Waals surface area contributed by atoms with Gasteiger partial charge < -0.3 is 15.1 Å². The van der Waals surface area contributed by atoms with Crippen molar-refractivity contribution in [3.05, 3.63) is 66.0 Å². The summed E-state index contributed by atoms with van der Waals surface area (Å²) in [6.07, 6.45) is 5.02. The molecule has 0 aliphatic carbocycles. The molecular weight excluding hydrogens is 356 g/mol. The molecule has 0 unspecified atom stereocenters. The first kappa shape index (κ1) is 18.2. The molecule has 1 aromatic heterocycles. The molecule has 0 saturated carbocycles. The maximum Gasteiger partial charge on any atom is 0.269 e. The molecule has 3 heterocycles. The number of likely N-dealkylation sites (tertiary alicyclic amines) is 1. The predicted molar refractivity (Wildman–Crippen MR) is 104 cm³/mol. The van der Waals surface area contributed by atoms with Gasteiger partial charge in [-0.1, -0.05) is 35.5 Å². The van der Waals surface area contributed by atoms with Crippen LogP contribution in [0, 0.1) is 0 Å². The van der Waals surface area contributed by atoms with Crippen molar-refractivity contribution in [1.82, 2.24) is 15.2 Å². The smallest absolute Gasteiger partial charge is 0.269 e. The van der Waals surface area contributed by atoms with E-state index in [1.165, 1.54) is 0 Å². The van der Waals surface area contributed by atoms with Crippen LogP contribution < -0.4 is 5.32 Å². The van der Waals surface area contributed by atoms with E-state index < -0.39 is 5.60 Å². The Bertz CT molecular complexity index is 875. The van der Waals surface area contributed by atoms with E-state index in [-0.39, 0.29) is 11.8 Å². The molecule has 1 spiro atoms. The Morgan fingerprint density at radius 3 is 2.50 bits per heavy atom. The molecule has 2 aromatic rings. The highest BCUT2D eigenvalue weighted by Crippen LogP contribution is 2.35. The summed E-state index contributed by atoms with van der Waals surface area (Å²) < 4.78 is 0. The van der Waals surface area contributed by atoms with Gasteiger partial charge in [0, 0.05) is 56.9 Å². The third-order valence-corrected chi connectivity index (χ3v) is 5.29. The molecule has 7 nitrogen and oxygen atoms in total. The van der Waals surface area contributed by atoms with Crippen molar-refractivity contribution in [2.75, 3.05) is 13.1 Å². The number of oxime groups is 1. The number of pyridine rings is 1. The van der Waals surface area contributed by atoms with Crippen molar-refractivity contribution in [1.29, 1.82) is 0 Å². The monoisotopic (exact) mass is 378 g/mol. The van der Waals surface area contributed by atoms with E-state index in [2.05, 4.69) is 15.5 Å². The van der Waals surface area contributed by atoms with E-state index in [1.807, 2.05) is 35.2 Å². The number of nitrogens with one attached hydrogen (secondary N) is 1. The van der Waals surface area contributed by atoms with Crippen molar-refractivity contribution in [2.45, 2.75) is 31.4 Å². The fourth-order valence-electron chi connectivity index (χ4n) is 3.59. The average Bonchev–Trinajstić information content (AvgIpc) is 3.17. The maximum atomic E-state index is 12.6. The van der Waals surface area contributed by atoms with Gasteiger partial charge in [0.05, 0.1) is 0 Å². The lowest BCUT2D eigenvalue weighted by atomic mass is 9.86. The lowest BCUT2D eigenvalue weighted by molar-refractivity contribution is -0.115. The molecule has 0 bridgehead atoms. The van der Waals surface area contributed by atoms with Crippen LogP contribution in [0.25, 0.3) is 0 Å². The zero-order valence-corrected chi connectivity index (χ0v) is 15.5. The van der Waals surface area contributed by atoms with Crippen molar-refractivity contribution in [3.63, 3.8) is 0 Å². The fraction of sp³-hybridized carbons (Fsp3) is 0.333. The zero-order chi connectivity index (χ0) is 19.4. The van der Waals surface area contributed by atoms with E-state index in [0.29, 0.717) is 50.2 Å². The number of carbonyl (C=O) groups excluding carboxylic acids is 2. The second kappa shape index (κ2) is 7.80. The van der Waals surface area contributed by atoms with Crippen molar-refractivity contribution in [3.8, 4) is 0 Å². The summed E-state index contributed by atoms with van der Waals surface area (Å²) in [5.74, 6) is -0.201. The molecule has 2 aliphatic heterocycles. The Labute approximate surface area is 163 Å². The minimum absolute atomic E-state index is 0.00278. The predicted octanol–water partition coefficient (Wildman–Crippen LogP) is 2.15. The van der Waals surface area contributed by atoms with Gasteiger partial charge in [0.2, 0.25) is 0 Å². The Morgan fingerprint density at radius 2 is 1.79 bits per heavy atom. The number of carbonyl (C=O) groups is 2. The van der Waals surface area contributed by atoms with Gasteiger partial charge in [-0.3, -0.25) is 14.6 Å². The van der Waals surface area contributed by atoms with E-state index in [1.54, 1.807) is 24.5 Å². The van der Waals surface area contributed by atoms with E-state index in [0.717, 1.165) is 5.56 Å². The highest BCUT2D eigenvalue weighted by molar-refractivity contribution is 6.39. The van der Waals surface area contributed by atoms with Gasteiger partial charge in [-0.25, -0.2) is 0 Å². The van der Waals surface area contributed by atoms with Gasteiger partial charge in [0.25, 0.3) is 11.8 Å². The largest absolute Gasteiger partial charge is 0.388 e. The topological polar surface area (TPSA) is 83.9 Å².